The molecule has 0 bridgehead atoms. The zero-order valence-electron chi connectivity index (χ0n) is 10.6. The second-order valence-electron chi connectivity index (χ2n) is 4.96. The maximum atomic E-state index is 6.27. The van der Waals surface area contributed by atoms with Crippen LogP contribution in [0.4, 0.5) is 0 Å². The molecule has 1 aliphatic carbocycles. The first-order valence-corrected chi connectivity index (χ1v) is 6.58. The number of ether oxygens (including phenoxy) is 1. The van der Waals surface area contributed by atoms with Crippen LogP contribution in [-0.4, -0.2) is 24.8 Å². The first-order valence-electron chi connectivity index (χ1n) is 6.58. The molecule has 2 nitrogen and oxygen atoms in total. The smallest absolute Gasteiger partial charge is 0.0779 e. The third-order valence-corrected chi connectivity index (χ3v) is 3.50. The van der Waals surface area contributed by atoms with Crippen LogP contribution in [0.5, 0.6) is 0 Å². The van der Waals surface area contributed by atoms with E-state index in [4.69, 9.17) is 4.74 Å². The topological polar surface area (TPSA) is 21.3 Å². The predicted octanol–water partition coefficient (Wildman–Crippen LogP) is 3.11. The van der Waals surface area contributed by atoms with Gasteiger partial charge in [-0.25, -0.2) is 0 Å². The fourth-order valence-electron chi connectivity index (χ4n) is 2.22. The second kappa shape index (κ2) is 6.49. The molecule has 1 aliphatic rings. The molecule has 0 radical (unpaired) electrons. The lowest BCUT2D eigenvalue weighted by atomic mass is 9.95. The number of hydrogen-bond acceptors (Lipinski definition) is 2. The third-order valence-electron chi connectivity index (χ3n) is 3.50. The normalized spacial score (nSPS) is 22.6. The van der Waals surface area contributed by atoms with Crippen molar-refractivity contribution in [3.63, 3.8) is 0 Å². The van der Waals surface area contributed by atoms with Crippen LogP contribution in [0.25, 0.3) is 0 Å². The molecule has 1 rings (SSSR count). The van der Waals surface area contributed by atoms with Gasteiger partial charge in [-0.2, -0.15) is 0 Å². The fourth-order valence-corrected chi connectivity index (χ4v) is 2.22. The molecule has 2 heteroatoms. The summed E-state index contributed by atoms with van der Waals surface area (Å²) in [5, 5.41) is 3.40. The lowest BCUT2D eigenvalue weighted by Crippen LogP contribution is -2.43. The van der Waals surface area contributed by atoms with Crippen molar-refractivity contribution < 1.29 is 4.74 Å². The quantitative estimate of drug-likeness (QED) is 0.732. The van der Waals surface area contributed by atoms with Crippen molar-refractivity contribution in [1.82, 2.24) is 5.32 Å². The highest BCUT2D eigenvalue weighted by Gasteiger charge is 2.27. The van der Waals surface area contributed by atoms with E-state index < -0.39 is 0 Å². The van der Waals surface area contributed by atoms with Crippen molar-refractivity contribution in [2.24, 2.45) is 0 Å². The van der Waals surface area contributed by atoms with Crippen molar-refractivity contribution in [3.8, 4) is 0 Å². The molecule has 1 N–H and O–H groups in total. The highest BCUT2D eigenvalue weighted by atomic mass is 16.5. The minimum Gasteiger partial charge on any atom is -0.371 e. The third kappa shape index (κ3) is 4.52. The largest absolute Gasteiger partial charge is 0.371 e. The minimum absolute atomic E-state index is 0.0397. The fraction of sp³-hybridized carbons (Fsp3) is 1.00. The summed E-state index contributed by atoms with van der Waals surface area (Å²) < 4.78 is 6.27. The van der Waals surface area contributed by atoms with Gasteiger partial charge in [-0.3, -0.25) is 0 Å². The van der Waals surface area contributed by atoms with Crippen LogP contribution in [0.2, 0.25) is 0 Å². The minimum atomic E-state index is 0.0397. The van der Waals surface area contributed by atoms with Gasteiger partial charge in [0.05, 0.1) is 11.7 Å². The first kappa shape index (κ1) is 13.0. The van der Waals surface area contributed by atoms with E-state index in [-0.39, 0.29) is 5.60 Å². The highest BCUT2D eigenvalue weighted by Crippen LogP contribution is 2.26. The molecule has 1 fully saturated rings. The average Bonchev–Trinajstić information content (AvgIpc) is 2.28. The summed E-state index contributed by atoms with van der Waals surface area (Å²) in [5.41, 5.74) is 0.0397. The standard InChI is InChI=1S/C13H27NO/c1-4-13(3,11-14-5-2)15-12-9-7-6-8-10-12/h12,14H,4-11H2,1-3H3. The van der Waals surface area contributed by atoms with Crippen LogP contribution in [0.1, 0.15) is 59.3 Å². The molecule has 0 aromatic heterocycles. The van der Waals surface area contributed by atoms with Crippen LogP contribution < -0.4 is 5.32 Å². The van der Waals surface area contributed by atoms with Gasteiger partial charge in [0, 0.05) is 6.54 Å². The Kier molecular flexibility index (Phi) is 5.62. The van der Waals surface area contributed by atoms with Gasteiger partial charge in [0.2, 0.25) is 0 Å². The van der Waals surface area contributed by atoms with Crippen molar-refractivity contribution in [1.29, 1.82) is 0 Å². The Bertz CT molecular complexity index is 166. The maximum absolute atomic E-state index is 6.27. The van der Waals surface area contributed by atoms with E-state index in [2.05, 4.69) is 26.1 Å². The maximum Gasteiger partial charge on any atom is 0.0779 e. The van der Waals surface area contributed by atoms with Gasteiger partial charge in [-0.05, 0) is 32.7 Å². The van der Waals surface area contributed by atoms with Gasteiger partial charge < -0.3 is 10.1 Å². The Morgan fingerprint density at radius 1 is 1.20 bits per heavy atom. The molecule has 1 unspecified atom stereocenters. The molecule has 90 valence electrons. The van der Waals surface area contributed by atoms with E-state index in [0.29, 0.717) is 6.10 Å². The van der Waals surface area contributed by atoms with Crippen molar-refractivity contribution in [3.05, 3.63) is 0 Å². The number of nitrogens with one attached hydrogen (secondary N) is 1. The monoisotopic (exact) mass is 213 g/mol. The van der Waals surface area contributed by atoms with E-state index in [1.54, 1.807) is 0 Å². The number of likely N-dealkylation sites (N-methyl/N-ethyl adjacent to an activating group) is 1. The molecule has 0 spiro atoms. The molecule has 0 amide bonds. The van der Waals surface area contributed by atoms with Gasteiger partial charge in [-0.1, -0.05) is 33.1 Å². The molecule has 1 saturated carbocycles. The molecule has 0 aliphatic heterocycles. The predicted molar refractivity (Wildman–Crippen MR) is 65.2 cm³/mol. The molecule has 15 heavy (non-hydrogen) atoms. The molecule has 1 atom stereocenters. The Hall–Kier alpha value is -0.0800. The molecule has 0 heterocycles. The summed E-state index contributed by atoms with van der Waals surface area (Å²) in [7, 11) is 0. The van der Waals surface area contributed by atoms with Crippen LogP contribution >= 0.6 is 0 Å². The zero-order chi connectivity index (χ0) is 11.1. The zero-order valence-corrected chi connectivity index (χ0v) is 10.6. The van der Waals surface area contributed by atoms with Crippen LogP contribution in [0.15, 0.2) is 0 Å². The van der Waals surface area contributed by atoms with Gasteiger partial charge in [-0.15, -0.1) is 0 Å². The lowest BCUT2D eigenvalue weighted by Gasteiger charge is -2.35. The molecule has 0 aromatic carbocycles. The average molecular weight is 213 g/mol. The Labute approximate surface area is 94.8 Å². The summed E-state index contributed by atoms with van der Waals surface area (Å²) in [4.78, 5) is 0. The Morgan fingerprint density at radius 2 is 1.87 bits per heavy atom. The Morgan fingerprint density at radius 3 is 2.40 bits per heavy atom. The van der Waals surface area contributed by atoms with Crippen LogP contribution in [0.3, 0.4) is 0 Å². The molecule has 0 saturated heterocycles. The van der Waals surface area contributed by atoms with E-state index in [9.17, 15) is 0 Å². The van der Waals surface area contributed by atoms with E-state index in [1.807, 2.05) is 0 Å². The summed E-state index contributed by atoms with van der Waals surface area (Å²) in [5.74, 6) is 0. The Balaban J connectivity index is 2.35. The number of hydrogen-bond donors (Lipinski definition) is 1. The molecular weight excluding hydrogens is 186 g/mol. The van der Waals surface area contributed by atoms with Crippen molar-refractivity contribution in [2.75, 3.05) is 13.1 Å². The first-order chi connectivity index (χ1) is 7.20. The van der Waals surface area contributed by atoms with Crippen LogP contribution in [0, 0.1) is 0 Å². The van der Waals surface area contributed by atoms with Crippen LogP contribution in [-0.2, 0) is 4.74 Å². The molecule has 0 aromatic rings. The van der Waals surface area contributed by atoms with Crippen molar-refractivity contribution in [2.45, 2.75) is 71.0 Å². The van der Waals surface area contributed by atoms with Crippen molar-refractivity contribution >= 4 is 0 Å². The van der Waals surface area contributed by atoms with E-state index in [0.717, 1.165) is 19.5 Å². The highest BCUT2D eigenvalue weighted by molar-refractivity contribution is 4.79. The van der Waals surface area contributed by atoms with Gasteiger partial charge in [0.25, 0.3) is 0 Å². The summed E-state index contributed by atoms with van der Waals surface area (Å²) in [6.45, 7) is 8.63. The van der Waals surface area contributed by atoms with E-state index in [1.165, 1.54) is 32.1 Å². The molecular formula is C13H27NO. The van der Waals surface area contributed by atoms with E-state index >= 15 is 0 Å². The van der Waals surface area contributed by atoms with Gasteiger partial charge in [0.15, 0.2) is 0 Å². The van der Waals surface area contributed by atoms with Gasteiger partial charge in [0.1, 0.15) is 0 Å². The summed E-state index contributed by atoms with van der Waals surface area (Å²) in [6, 6.07) is 0. The summed E-state index contributed by atoms with van der Waals surface area (Å²) in [6.07, 6.45) is 8.25. The lowest BCUT2D eigenvalue weighted by molar-refractivity contribution is -0.0950. The SMILES string of the molecule is CCNCC(C)(CC)OC1CCCCC1. The second-order valence-corrected chi connectivity index (χ2v) is 4.96. The van der Waals surface area contributed by atoms with Gasteiger partial charge >= 0.3 is 0 Å². The summed E-state index contributed by atoms with van der Waals surface area (Å²) >= 11 is 0. The number of rotatable bonds is 6.